The minimum absolute atomic E-state index is 0.0269. The molecule has 0 bridgehead atoms. The highest BCUT2D eigenvalue weighted by Crippen LogP contribution is 2.30. The monoisotopic (exact) mass is 335 g/mol. The number of halogens is 3. The Kier molecular flexibility index (Phi) is 4.24. The van der Waals surface area contributed by atoms with E-state index in [1.807, 2.05) is 30.3 Å². The van der Waals surface area contributed by atoms with Crippen molar-refractivity contribution in [2.24, 2.45) is 4.99 Å². The number of fused-ring (bicyclic) bond motifs is 1. The van der Waals surface area contributed by atoms with Gasteiger partial charge in [0.1, 0.15) is 11.9 Å². The second kappa shape index (κ2) is 6.35. The van der Waals surface area contributed by atoms with Crippen LogP contribution in [0, 0.1) is 0 Å². The maximum atomic E-state index is 12.5. The van der Waals surface area contributed by atoms with Crippen LogP contribution in [0.1, 0.15) is 17.2 Å². The average Bonchev–Trinajstić information content (AvgIpc) is 2.75. The third-order valence-electron chi connectivity index (χ3n) is 3.38. The molecule has 0 amide bonds. The fraction of sp³-hybridized carbons (Fsp3) is 0.176. The number of aliphatic imine (C=N–C) groups is 1. The maximum absolute atomic E-state index is 12.5. The van der Waals surface area contributed by atoms with Crippen molar-refractivity contribution in [3.63, 3.8) is 0 Å². The minimum Gasteiger partial charge on any atom is -0.483 e. The summed E-state index contributed by atoms with van der Waals surface area (Å²) >= 11 is 0. The summed E-state index contributed by atoms with van der Waals surface area (Å²) < 4.78 is 47.7. The quantitative estimate of drug-likeness (QED) is 0.747. The van der Waals surface area contributed by atoms with Crippen molar-refractivity contribution in [2.45, 2.75) is 12.3 Å². The standard InChI is InChI=1S/C17H12F3NO3/c18-17(19,20)16(22)24-15-12-8-4-5-9-13(12)23-14(10-21-15)11-6-2-1-3-7-11/h1-9,14H,10H2. The Morgan fingerprint density at radius 3 is 2.46 bits per heavy atom. The third kappa shape index (κ3) is 3.40. The molecule has 124 valence electrons. The first kappa shape index (κ1) is 16.0. The number of para-hydroxylation sites is 1. The Bertz CT molecular complexity index is 772. The molecule has 0 N–H and O–H groups in total. The van der Waals surface area contributed by atoms with Crippen LogP contribution in [-0.4, -0.2) is 24.6 Å². The number of nitrogens with zero attached hydrogens (tertiary/aromatic N) is 1. The first-order valence-electron chi connectivity index (χ1n) is 7.09. The van der Waals surface area contributed by atoms with E-state index in [0.717, 1.165) is 5.56 Å². The van der Waals surface area contributed by atoms with Crippen LogP contribution in [0.3, 0.4) is 0 Å². The van der Waals surface area contributed by atoms with E-state index < -0.39 is 24.1 Å². The highest BCUT2D eigenvalue weighted by molar-refractivity contribution is 6.03. The van der Waals surface area contributed by atoms with Crippen molar-refractivity contribution in [2.75, 3.05) is 6.54 Å². The van der Waals surface area contributed by atoms with Crippen LogP contribution in [0.5, 0.6) is 5.75 Å². The number of hydrogen-bond donors (Lipinski definition) is 0. The van der Waals surface area contributed by atoms with Crippen molar-refractivity contribution in [1.82, 2.24) is 0 Å². The summed E-state index contributed by atoms with van der Waals surface area (Å²) in [4.78, 5) is 15.2. The predicted octanol–water partition coefficient (Wildman–Crippen LogP) is 3.67. The molecule has 4 nitrogen and oxygen atoms in total. The van der Waals surface area contributed by atoms with E-state index in [4.69, 9.17) is 4.74 Å². The lowest BCUT2D eigenvalue weighted by Gasteiger charge is -2.16. The van der Waals surface area contributed by atoms with Gasteiger partial charge in [0.15, 0.2) is 0 Å². The fourth-order valence-corrected chi connectivity index (χ4v) is 2.26. The zero-order valence-electron chi connectivity index (χ0n) is 12.3. The van der Waals surface area contributed by atoms with Crippen LogP contribution >= 0.6 is 0 Å². The van der Waals surface area contributed by atoms with Crippen molar-refractivity contribution in [3.8, 4) is 5.75 Å². The van der Waals surface area contributed by atoms with E-state index in [2.05, 4.69) is 9.73 Å². The van der Waals surface area contributed by atoms with Crippen molar-refractivity contribution >= 4 is 11.9 Å². The zero-order chi connectivity index (χ0) is 17.2. The molecule has 1 heterocycles. The Labute approximate surface area is 135 Å². The Morgan fingerprint density at radius 2 is 1.75 bits per heavy atom. The molecule has 1 unspecified atom stereocenters. The van der Waals surface area contributed by atoms with Gasteiger partial charge in [-0.05, 0) is 17.7 Å². The van der Waals surface area contributed by atoms with Gasteiger partial charge < -0.3 is 9.47 Å². The van der Waals surface area contributed by atoms with Gasteiger partial charge in [0.05, 0.1) is 12.1 Å². The van der Waals surface area contributed by atoms with Crippen LogP contribution in [0.15, 0.2) is 59.6 Å². The van der Waals surface area contributed by atoms with E-state index in [1.54, 1.807) is 18.2 Å². The Morgan fingerprint density at radius 1 is 1.08 bits per heavy atom. The molecular formula is C17H12F3NO3. The molecular weight excluding hydrogens is 323 g/mol. The summed E-state index contributed by atoms with van der Waals surface area (Å²) in [5.74, 6) is -2.40. The lowest BCUT2D eigenvalue weighted by molar-refractivity contribution is -0.191. The van der Waals surface area contributed by atoms with Gasteiger partial charge in [0.2, 0.25) is 5.90 Å². The van der Waals surface area contributed by atoms with Gasteiger partial charge in [-0.25, -0.2) is 9.79 Å². The molecule has 3 rings (SSSR count). The highest BCUT2D eigenvalue weighted by Gasteiger charge is 2.42. The molecule has 0 aliphatic carbocycles. The van der Waals surface area contributed by atoms with Gasteiger partial charge in [0, 0.05) is 0 Å². The van der Waals surface area contributed by atoms with E-state index in [1.165, 1.54) is 6.07 Å². The maximum Gasteiger partial charge on any atom is 0.491 e. The lowest BCUT2D eigenvalue weighted by Crippen LogP contribution is -2.28. The molecule has 1 aliphatic heterocycles. The molecule has 2 aromatic carbocycles. The predicted molar refractivity (Wildman–Crippen MR) is 79.8 cm³/mol. The summed E-state index contributed by atoms with van der Waals surface area (Å²) in [5.41, 5.74) is 1.02. The first-order chi connectivity index (χ1) is 11.4. The summed E-state index contributed by atoms with van der Waals surface area (Å²) in [7, 11) is 0. The SMILES string of the molecule is O=C(OC1=NCC(c2ccccc2)Oc2ccccc21)C(F)(F)F. The van der Waals surface area contributed by atoms with Gasteiger partial charge in [0.25, 0.3) is 0 Å². The number of rotatable bonds is 1. The largest absolute Gasteiger partial charge is 0.491 e. The molecule has 0 fully saturated rings. The number of alkyl halides is 3. The summed E-state index contributed by atoms with van der Waals surface area (Å²) in [6, 6.07) is 15.5. The topological polar surface area (TPSA) is 47.9 Å². The number of carbonyl (C=O) groups excluding carboxylic acids is 1. The van der Waals surface area contributed by atoms with E-state index in [0.29, 0.717) is 5.75 Å². The average molecular weight is 335 g/mol. The summed E-state index contributed by atoms with van der Waals surface area (Å²) in [5, 5.41) is 0. The van der Waals surface area contributed by atoms with E-state index in [-0.39, 0.29) is 12.1 Å². The number of benzene rings is 2. The lowest BCUT2D eigenvalue weighted by atomic mass is 10.1. The molecule has 7 heteroatoms. The van der Waals surface area contributed by atoms with Crippen LogP contribution in [0.4, 0.5) is 13.2 Å². The third-order valence-corrected chi connectivity index (χ3v) is 3.38. The van der Waals surface area contributed by atoms with Crippen LogP contribution in [0.25, 0.3) is 0 Å². The van der Waals surface area contributed by atoms with Crippen LogP contribution in [0.2, 0.25) is 0 Å². The number of esters is 1. The first-order valence-corrected chi connectivity index (χ1v) is 7.09. The smallest absolute Gasteiger partial charge is 0.483 e. The van der Waals surface area contributed by atoms with Gasteiger partial charge in [-0.3, -0.25) is 0 Å². The van der Waals surface area contributed by atoms with Gasteiger partial charge in [-0.1, -0.05) is 42.5 Å². The highest BCUT2D eigenvalue weighted by atomic mass is 19.4. The van der Waals surface area contributed by atoms with Gasteiger partial charge in [-0.15, -0.1) is 0 Å². The van der Waals surface area contributed by atoms with E-state index in [9.17, 15) is 18.0 Å². The van der Waals surface area contributed by atoms with Crippen LogP contribution < -0.4 is 4.74 Å². The van der Waals surface area contributed by atoms with Crippen molar-refractivity contribution < 1.29 is 27.4 Å². The minimum atomic E-state index is -5.09. The number of carbonyl (C=O) groups is 1. The number of ether oxygens (including phenoxy) is 2. The Hall–Kier alpha value is -2.83. The fourth-order valence-electron chi connectivity index (χ4n) is 2.26. The molecule has 0 spiro atoms. The molecule has 2 aromatic rings. The van der Waals surface area contributed by atoms with Crippen molar-refractivity contribution in [3.05, 3.63) is 65.7 Å². The van der Waals surface area contributed by atoms with Crippen molar-refractivity contribution in [1.29, 1.82) is 0 Å². The Balaban J connectivity index is 1.95. The molecule has 1 atom stereocenters. The normalized spacial score (nSPS) is 17.1. The molecule has 1 aliphatic rings. The second-order valence-corrected chi connectivity index (χ2v) is 5.05. The van der Waals surface area contributed by atoms with Gasteiger partial charge >= 0.3 is 12.1 Å². The number of hydrogen-bond acceptors (Lipinski definition) is 4. The summed E-state index contributed by atoms with van der Waals surface area (Å²) in [6.45, 7) is 0.0269. The van der Waals surface area contributed by atoms with Crippen LogP contribution in [-0.2, 0) is 9.53 Å². The molecule has 0 saturated heterocycles. The molecule has 0 aromatic heterocycles. The summed E-state index contributed by atoms with van der Waals surface area (Å²) in [6.07, 6.45) is -5.59. The van der Waals surface area contributed by atoms with Gasteiger partial charge in [-0.2, -0.15) is 13.2 Å². The molecule has 0 saturated carbocycles. The second-order valence-electron chi connectivity index (χ2n) is 5.05. The zero-order valence-corrected chi connectivity index (χ0v) is 12.3. The molecule has 24 heavy (non-hydrogen) atoms. The molecule has 0 radical (unpaired) electrons. The van der Waals surface area contributed by atoms with E-state index >= 15 is 0 Å².